The van der Waals surface area contributed by atoms with E-state index in [1.165, 1.54) is 22.3 Å². The van der Waals surface area contributed by atoms with E-state index in [1.807, 2.05) is 12.1 Å². The number of nitrogens with zero attached hydrogens (tertiary/aromatic N) is 1. The first kappa shape index (κ1) is 18.6. The van der Waals surface area contributed by atoms with Gasteiger partial charge < -0.3 is 19.5 Å². The molecule has 5 rings (SSSR count). The molecule has 5 heteroatoms. The molecule has 1 spiro atoms. The molecule has 1 amide bonds. The molecule has 2 aromatic rings. The van der Waals surface area contributed by atoms with Crippen LogP contribution in [0, 0.1) is 0 Å². The number of ether oxygens (including phenoxy) is 2. The quantitative estimate of drug-likeness (QED) is 0.840. The van der Waals surface area contributed by atoms with E-state index in [1.54, 1.807) is 4.90 Å². The summed E-state index contributed by atoms with van der Waals surface area (Å²) in [6, 6.07) is 16.7. The number of amides is 1. The van der Waals surface area contributed by atoms with Gasteiger partial charge in [-0.25, -0.2) is 4.79 Å². The first-order valence-electron chi connectivity index (χ1n) is 10.6. The van der Waals surface area contributed by atoms with E-state index in [2.05, 4.69) is 36.4 Å². The maximum absolute atomic E-state index is 12.9. The number of hydrogen-bond acceptors (Lipinski definition) is 4. The van der Waals surface area contributed by atoms with Gasteiger partial charge in [0.25, 0.3) is 0 Å². The molecule has 1 saturated heterocycles. The standard InChI is InChI=1S/C24H27NO4/c26-17-9-11-24(12-10-17)16-25(13-14-29-24)23(27)28-15-22-20-7-3-1-5-18(20)19-6-2-4-8-21(19)22/h1-8,17,22,26H,9-16H2. The lowest BCUT2D eigenvalue weighted by Gasteiger charge is -2.45. The molecule has 1 saturated carbocycles. The van der Waals surface area contributed by atoms with Crippen LogP contribution in [0.15, 0.2) is 48.5 Å². The average Bonchev–Trinajstić information content (AvgIpc) is 3.08. The predicted octanol–water partition coefficient (Wildman–Crippen LogP) is 3.94. The molecule has 2 aliphatic carbocycles. The van der Waals surface area contributed by atoms with Crippen molar-refractivity contribution in [2.45, 2.75) is 43.3 Å². The van der Waals surface area contributed by atoms with Crippen LogP contribution in [-0.4, -0.2) is 54.1 Å². The van der Waals surface area contributed by atoms with E-state index in [4.69, 9.17) is 9.47 Å². The number of benzene rings is 2. The lowest BCUT2D eigenvalue weighted by Crippen LogP contribution is -2.55. The molecule has 3 aliphatic rings. The van der Waals surface area contributed by atoms with Gasteiger partial charge in [0, 0.05) is 12.5 Å². The molecule has 1 heterocycles. The Bertz CT molecular complexity index is 858. The number of carbonyl (C=O) groups excluding carboxylic acids is 1. The highest BCUT2D eigenvalue weighted by Crippen LogP contribution is 2.44. The second-order valence-corrected chi connectivity index (χ2v) is 8.49. The predicted molar refractivity (Wildman–Crippen MR) is 110 cm³/mol. The summed E-state index contributed by atoms with van der Waals surface area (Å²) in [4.78, 5) is 14.7. The Hall–Kier alpha value is -2.37. The summed E-state index contributed by atoms with van der Waals surface area (Å²) in [5.74, 6) is 0.0752. The summed E-state index contributed by atoms with van der Waals surface area (Å²) in [5, 5.41) is 9.80. The molecule has 0 bridgehead atoms. The zero-order valence-corrected chi connectivity index (χ0v) is 16.5. The van der Waals surface area contributed by atoms with Gasteiger partial charge in [0.05, 0.1) is 24.9 Å². The second kappa shape index (κ2) is 7.47. The number of carbonyl (C=O) groups is 1. The number of aliphatic hydroxyl groups is 1. The van der Waals surface area contributed by atoms with Crippen LogP contribution in [0.1, 0.15) is 42.7 Å². The lowest BCUT2D eigenvalue weighted by atomic mass is 9.82. The summed E-state index contributed by atoms with van der Waals surface area (Å²) in [6.07, 6.45) is 2.55. The van der Waals surface area contributed by atoms with Crippen molar-refractivity contribution in [3.8, 4) is 11.1 Å². The van der Waals surface area contributed by atoms with Gasteiger partial charge in [0.1, 0.15) is 6.61 Å². The van der Waals surface area contributed by atoms with Crippen LogP contribution in [0.25, 0.3) is 11.1 Å². The van der Waals surface area contributed by atoms with Gasteiger partial charge in [0.15, 0.2) is 0 Å². The van der Waals surface area contributed by atoms with Crippen LogP contribution in [0.3, 0.4) is 0 Å². The smallest absolute Gasteiger partial charge is 0.409 e. The van der Waals surface area contributed by atoms with Crippen LogP contribution < -0.4 is 0 Å². The largest absolute Gasteiger partial charge is 0.448 e. The third kappa shape index (κ3) is 3.43. The molecule has 0 radical (unpaired) electrons. The Balaban J connectivity index is 1.28. The van der Waals surface area contributed by atoms with Gasteiger partial charge in [-0.1, -0.05) is 48.5 Å². The van der Waals surface area contributed by atoms with E-state index < -0.39 is 0 Å². The molecular weight excluding hydrogens is 366 g/mol. The first-order valence-corrected chi connectivity index (χ1v) is 10.6. The van der Waals surface area contributed by atoms with Crippen LogP contribution in [0.5, 0.6) is 0 Å². The van der Waals surface area contributed by atoms with Crippen LogP contribution in [0.2, 0.25) is 0 Å². The Morgan fingerprint density at radius 3 is 2.34 bits per heavy atom. The minimum atomic E-state index is -0.316. The van der Waals surface area contributed by atoms with Gasteiger partial charge in [-0.05, 0) is 47.9 Å². The average molecular weight is 393 g/mol. The van der Waals surface area contributed by atoms with Crippen molar-refractivity contribution in [3.05, 3.63) is 59.7 Å². The Morgan fingerprint density at radius 1 is 1.07 bits per heavy atom. The molecule has 5 nitrogen and oxygen atoms in total. The van der Waals surface area contributed by atoms with Crippen LogP contribution in [-0.2, 0) is 9.47 Å². The molecule has 2 aromatic carbocycles. The van der Waals surface area contributed by atoms with Crippen LogP contribution in [0.4, 0.5) is 4.79 Å². The van der Waals surface area contributed by atoms with Gasteiger partial charge in [-0.3, -0.25) is 0 Å². The number of hydrogen-bond donors (Lipinski definition) is 1. The molecule has 2 fully saturated rings. The molecule has 0 aromatic heterocycles. The highest BCUT2D eigenvalue weighted by atomic mass is 16.6. The van der Waals surface area contributed by atoms with Crippen molar-refractivity contribution < 1.29 is 19.4 Å². The molecular formula is C24H27NO4. The number of fused-ring (bicyclic) bond motifs is 3. The third-order valence-corrected chi connectivity index (χ3v) is 6.71. The van der Waals surface area contributed by atoms with E-state index in [0.29, 0.717) is 26.3 Å². The van der Waals surface area contributed by atoms with Gasteiger partial charge in [-0.2, -0.15) is 0 Å². The zero-order chi connectivity index (χ0) is 19.8. The minimum absolute atomic E-state index is 0.0752. The molecule has 1 aliphatic heterocycles. The number of aliphatic hydroxyl groups excluding tert-OH is 1. The topological polar surface area (TPSA) is 59.0 Å². The normalized spacial score (nSPS) is 26.2. The van der Waals surface area contributed by atoms with Crippen molar-refractivity contribution in [1.82, 2.24) is 4.90 Å². The van der Waals surface area contributed by atoms with E-state index in [9.17, 15) is 9.90 Å². The van der Waals surface area contributed by atoms with E-state index in [-0.39, 0.29) is 23.7 Å². The van der Waals surface area contributed by atoms with Crippen molar-refractivity contribution in [1.29, 1.82) is 0 Å². The maximum Gasteiger partial charge on any atom is 0.409 e. The third-order valence-electron chi connectivity index (χ3n) is 6.71. The fourth-order valence-electron chi connectivity index (χ4n) is 5.12. The Labute approximate surface area is 171 Å². The summed E-state index contributed by atoms with van der Waals surface area (Å²) in [5.41, 5.74) is 4.59. The highest BCUT2D eigenvalue weighted by Gasteiger charge is 2.41. The fourth-order valence-corrected chi connectivity index (χ4v) is 5.12. The summed E-state index contributed by atoms with van der Waals surface area (Å²) in [6.45, 7) is 1.98. The van der Waals surface area contributed by atoms with Gasteiger partial charge in [-0.15, -0.1) is 0 Å². The molecule has 1 N–H and O–H groups in total. The second-order valence-electron chi connectivity index (χ2n) is 8.49. The van der Waals surface area contributed by atoms with Gasteiger partial charge in [0.2, 0.25) is 0 Å². The number of rotatable bonds is 2. The van der Waals surface area contributed by atoms with Crippen molar-refractivity contribution in [2.24, 2.45) is 0 Å². The Kier molecular flexibility index (Phi) is 4.80. The minimum Gasteiger partial charge on any atom is -0.448 e. The van der Waals surface area contributed by atoms with Crippen molar-refractivity contribution in [2.75, 3.05) is 26.3 Å². The lowest BCUT2D eigenvalue weighted by molar-refractivity contribution is -0.133. The van der Waals surface area contributed by atoms with Crippen molar-refractivity contribution >= 4 is 6.09 Å². The Morgan fingerprint density at radius 2 is 1.69 bits per heavy atom. The van der Waals surface area contributed by atoms with Gasteiger partial charge >= 0.3 is 6.09 Å². The van der Waals surface area contributed by atoms with Crippen LogP contribution >= 0.6 is 0 Å². The van der Waals surface area contributed by atoms with Crippen molar-refractivity contribution in [3.63, 3.8) is 0 Å². The first-order chi connectivity index (χ1) is 14.2. The maximum atomic E-state index is 12.9. The monoisotopic (exact) mass is 393 g/mol. The summed E-state index contributed by atoms with van der Waals surface area (Å²) in [7, 11) is 0. The fraction of sp³-hybridized carbons (Fsp3) is 0.458. The van der Waals surface area contributed by atoms with E-state index in [0.717, 1.165) is 25.7 Å². The molecule has 0 atom stereocenters. The highest BCUT2D eigenvalue weighted by molar-refractivity contribution is 5.79. The molecule has 0 unspecified atom stereocenters. The van der Waals surface area contributed by atoms with E-state index >= 15 is 0 Å². The molecule has 29 heavy (non-hydrogen) atoms. The zero-order valence-electron chi connectivity index (χ0n) is 16.5. The molecule has 152 valence electrons. The summed E-state index contributed by atoms with van der Waals surface area (Å²) < 4.78 is 11.9. The SMILES string of the molecule is O=C(OCC1c2ccccc2-c2ccccc21)N1CCOC2(CCC(O)CC2)C1. The summed E-state index contributed by atoms with van der Waals surface area (Å²) >= 11 is 0. The number of morpholine rings is 1.